The molecule has 2 rings (SSSR count). The Hall–Kier alpha value is -1.54. The molecule has 0 aliphatic carbocycles. The zero-order valence-corrected chi connectivity index (χ0v) is 12.6. The molecule has 0 radical (unpaired) electrons. The van der Waals surface area contributed by atoms with Crippen LogP contribution in [0.1, 0.15) is 16.0 Å². The summed E-state index contributed by atoms with van der Waals surface area (Å²) in [6.07, 6.45) is -7.08. The maximum absolute atomic E-state index is 13.9. The van der Waals surface area contributed by atoms with Crippen LogP contribution in [-0.4, -0.2) is 12.7 Å². The second-order valence-electron chi connectivity index (χ2n) is 4.86. The lowest BCUT2D eigenvalue weighted by Crippen LogP contribution is -2.38. The Morgan fingerprint density at radius 2 is 1.48 bits per heavy atom. The average molecular weight is 354 g/mol. The Labute approximate surface area is 132 Å². The van der Waals surface area contributed by atoms with Crippen LogP contribution in [0.25, 0.3) is 0 Å². The van der Waals surface area contributed by atoms with E-state index in [-0.39, 0.29) is 0 Å². The van der Waals surface area contributed by atoms with E-state index in [2.05, 4.69) is 4.74 Å². The molecule has 0 spiro atoms. The molecule has 2 aromatic rings. The smallest absolute Gasteiger partial charge is 0.303 e. The van der Waals surface area contributed by atoms with Gasteiger partial charge in [0.25, 0.3) is 12.7 Å². The summed E-state index contributed by atoms with van der Waals surface area (Å²) in [5, 5.41) is 1.25. The van der Waals surface area contributed by atoms with E-state index in [0.717, 1.165) is 18.2 Å². The monoisotopic (exact) mass is 354 g/mol. The van der Waals surface area contributed by atoms with Crippen molar-refractivity contribution in [1.29, 1.82) is 0 Å². The first-order valence-electron chi connectivity index (χ1n) is 6.46. The van der Waals surface area contributed by atoms with E-state index < -0.39 is 35.0 Å². The molecule has 0 amide bonds. The molecule has 1 heterocycles. The van der Waals surface area contributed by atoms with Gasteiger partial charge in [0.05, 0.1) is 4.88 Å². The van der Waals surface area contributed by atoms with Crippen LogP contribution in [0.3, 0.4) is 0 Å². The van der Waals surface area contributed by atoms with Crippen LogP contribution >= 0.6 is 11.3 Å². The summed E-state index contributed by atoms with van der Waals surface area (Å²) in [5.41, 5.74) is -0.143. The topological polar surface area (TPSA) is 9.23 Å². The Bertz CT molecular complexity index is 626. The predicted octanol–water partition coefficient (Wildman–Crippen LogP) is 5.55. The van der Waals surface area contributed by atoms with Crippen LogP contribution < -0.4 is 0 Å². The fourth-order valence-electron chi connectivity index (χ4n) is 1.76. The second-order valence-corrected chi connectivity index (χ2v) is 5.81. The predicted molar refractivity (Wildman–Crippen MR) is 74.2 cm³/mol. The van der Waals surface area contributed by atoms with Crippen molar-refractivity contribution in [2.45, 2.75) is 31.5 Å². The summed E-state index contributed by atoms with van der Waals surface area (Å²) < 4.78 is 86.0. The molecule has 126 valence electrons. The van der Waals surface area contributed by atoms with Gasteiger partial charge in [0.1, 0.15) is 0 Å². The molecular formula is C15H12F6OS. The molecule has 0 N–H and O–H groups in total. The van der Waals surface area contributed by atoms with E-state index >= 15 is 0 Å². The summed E-state index contributed by atoms with van der Waals surface area (Å²) in [6.45, 7) is 1.63. The van der Waals surface area contributed by atoms with E-state index in [1.807, 2.05) is 0 Å². The lowest BCUT2D eigenvalue weighted by atomic mass is 10.1. The zero-order chi connectivity index (χ0) is 17.3. The molecule has 0 aliphatic heterocycles. The first kappa shape index (κ1) is 17.8. The number of hydrogen-bond donors (Lipinski definition) is 0. The van der Waals surface area contributed by atoms with Gasteiger partial charge in [-0.25, -0.2) is 8.78 Å². The standard InChI is InChI=1S/C15H12F6OS/c1-9-4-6-10(7-5-9)14(18,19)12(16)22-13(17)15(20,21)11-3-2-8-23-11/h2-8,12-13H,1H3/t12-,13-/m1/s1. The van der Waals surface area contributed by atoms with Gasteiger partial charge in [-0.1, -0.05) is 35.9 Å². The van der Waals surface area contributed by atoms with Crippen molar-refractivity contribution in [2.24, 2.45) is 0 Å². The van der Waals surface area contributed by atoms with Crippen molar-refractivity contribution in [3.05, 3.63) is 57.8 Å². The number of ether oxygens (including phenoxy) is 1. The first-order chi connectivity index (χ1) is 10.7. The van der Waals surface area contributed by atoms with Gasteiger partial charge in [-0.3, -0.25) is 0 Å². The molecule has 1 aromatic heterocycles. The molecule has 0 saturated carbocycles. The normalized spacial score (nSPS) is 15.4. The summed E-state index contributed by atoms with van der Waals surface area (Å²) in [5.74, 6) is -8.48. The molecule has 0 bridgehead atoms. The van der Waals surface area contributed by atoms with E-state index in [1.54, 1.807) is 6.92 Å². The highest BCUT2D eigenvalue weighted by atomic mass is 32.1. The molecule has 0 aliphatic rings. The van der Waals surface area contributed by atoms with E-state index in [9.17, 15) is 26.3 Å². The number of rotatable bonds is 6. The molecular weight excluding hydrogens is 342 g/mol. The van der Waals surface area contributed by atoms with Gasteiger partial charge in [-0.2, -0.15) is 17.6 Å². The summed E-state index contributed by atoms with van der Waals surface area (Å²) in [4.78, 5) is -0.740. The Balaban J connectivity index is 2.13. The summed E-state index contributed by atoms with van der Waals surface area (Å²) in [6, 6.07) is 6.58. The Kier molecular flexibility index (Phi) is 5.05. The SMILES string of the molecule is Cc1ccc(C(F)(F)[C@H](F)O[C@@H](F)C(F)(F)c2cccs2)cc1. The quantitative estimate of drug-likeness (QED) is 0.618. The van der Waals surface area contributed by atoms with Crippen LogP contribution in [0.4, 0.5) is 26.3 Å². The third-order valence-electron chi connectivity index (χ3n) is 3.10. The van der Waals surface area contributed by atoms with Crippen molar-refractivity contribution >= 4 is 11.3 Å². The third kappa shape index (κ3) is 3.69. The number of hydrogen-bond acceptors (Lipinski definition) is 2. The molecule has 2 atom stereocenters. The van der Waals surface area contributed by atoms with Gasteiger partial charge in [0.15, 0.2) is 0 Å². The van der Waals surface area contributed by atoms with E-state index in [1.165, 1.54) is 23.6 Å². The largest absolute Gasteiger partial charge is 0.336 e. The van der Waals surface area contributed by atoms with Crippen molar-refractivity contribution in [2.75, 3.05) is 0 Å². The minimum absolute atomic E-state index is 0.511. The highest BCUT2D eigenvalue weighted by Gasteiger charge is 2.51. The highest BCUT2D eigenvalue weighted by Crippen LogP contribution is 2.41. The van der Waals surface area contributed by atoms with Crippen LogP contribution in [0.5, 0.6) is 0 Å². The molecule has 1 nitrogen and oxygen atoms in total. The van der Waals surface area contributed by atoms with Crippen molar-refractivity contribution in [3.63, 3.8) is 0 Å². The van der Waals surface area contributed by atoms with Gasteiger partial charge in [-0.15, -0.1) is 11.3 Å². The van der Waals surface area contributed by atoms with E-state index in [4.69, 9.17) is 0 Å². The zero-order valence-electron chi connectivity index (χ0n) is 11.8. The van der Waals surface area contributed by atoms with E-state index in [0.29, 0.717) is 16.9 Å². The van der Waals surface area contributed by atoms with Gasteiger partial charge in [0, 0.05) is 5.56 Å². The van der Waals surface area contributed by atoms with Gasteiger partial charge in [0.2, 0.25) is 0 Å². The lowest BCUT2D eigenvalue weighted by Gasteiger charge is -2.26. The molecule has 0 saturated heterocycles. The van der Waals surface area contributed by atoms with Crippen LogP contribution in [0.15, 0.2) is 41.8 Å². The summed E-state index contributed by atoms with van der Waals surface area (Å²) in [7, 11) is 0. The first-order valence-corrected chi connectivity index (χ1v) is 7.34. The Morgan fingerprint density at radius 3 is 2.00 bits per heavy atom. The Morgan fingerprint density at radius 1 is 0.913 bits per heavy atom. The van der Waals surface area contributed by atoms with Crippen LogP contribution in [0.2, 0.25) is 0 Å². The molecule has 1 aromatic carbocycles. The highest BCUT2D eigenvalue weighted by molar-refractivity contribution is 7.10. The molecule has 23 heavy (non-hydrogen) atoms. The number of alkyl halides is 6. The maximum Gasteiger partial charge on any atom is 0.336 e. The fraction of sp³-hybridized carbons (Fsp3) is 0.333. The van der Waals surface area contributed by atoms with Gasteiger partial charge >= 0.3 is 11.8 Å². The number of thiophene rings is 1. The second kappa shape index (κ2) is 6.52. The number of halogens is 6. The minimum atomic E-state index is -4.26. The average Bonchev–Trinajstić information content (AvgIpc) is 3.02. The maximum atomic E-state index is 13.9. The molecule has 8 heteroatoms. The third-order valence-corrected chi connectivity index (χ3v) is 4.05. The fourth-order valence-corrected chi connectivity index (χ4v) is 2.47. The lowest BCUT2D eigenvalue weighted by molar-refractivity contribution is -0.294. The molecule has 0 fully saturated rings. The van der Waals surface area contributed by atoms with Gasteiger partial charge in [-0.05, 0) is 18.4 Å². The van der Waals surface area contributed by atoms with Crippen molar-refractivity contribution < 1.29 is 31.1 Å². The van der Waals surface area contributed by atoms with Crippen molar-refractivity contribution in [1.82, 2.24) is 0 Å². The van der Waals surface area contributed by atoms with Crippen molar-refractivity contribution in [3.8, 4) is 0 Å². The molecule has 0 unspecified atom stereocenters. The van der Waals surface area contributed by atoms with Crippen LogP contribution in [-0.2, 0) is 16.6 Å². The minimum Gasteiger partial charge on any atom is -0.303 e. The van der Waals surface area contributed by atoms with Crippen LogP contribution in [0, 0.1) is 6.92 Å². The number of benzene rings is 1. The summed E-state index contributed by atoms with van der Waals surface area (Å²) >= 11 is 0.511. The van der Waals surface area contributed by atoms with Gasteiger partial charge < -0.3 is 4.74 Å². The number of aryl methyl sites for hydroxylation is 1.